The van der Waals surface area contributed by atoms with E-state index in [-0.39, 0.29) is 23.7 Å². The molecule has 7 nitrogen and oxygen atoms in total. The lowest BCUT2D eigenvalue weighted by atomic mass is 9.80. The first-order valence-corrected chi connectivity index (χ1v) is 10.6. The predicted octanol–water partition coefficient (Wildman–Crippen LogP) is 2.35. The first-order valence-electron chi connectivity index (χ1n) is 9.54. The zero-order valence-corrected chi connectivity index (χ0v) is 17.5. The van der Waals surface area contributed by atoms with E-state index in [4.69, 9.17) is 4.74 Å². The third-order valence-electron chi connectivity index (χ3n) is 5.76. The summed E-state index contributed by atoms with van der Waals surface area (Å²) in [5.74, 6) is -0.474. The Kier molecular flexibility index (Phi) is 5.19. The Morgan fingerprint density at radius 3 is 2.40 bits per heavy atom. The number of carboxylic acid groups (broad SMARTS) is 1. The molecule has 30 heavy (non-hydrogen) atoms. The van der Waals surface area contributed by atoms with E-state index < -0.39 is 17.4 Å². The monoisotopic (exact) mass is 426 g/mol. The Hall–Kier alpha value is -3.00. The maximum absolute atomic E-state index is 13.1. The van der Waals surface area contributed by atoms with Crippen molar-refractivity contribution in [3.05, 3.63) is 60.2 Å². The van der Waals surface area contributed by atoms with Gasteiger partial charge in [-0.2, -0.15) is 0 Å². The number of carboxylic acids is 1. The predicted molar refractivity (Wildman–Crippen MR) is 114 cm³/mol. The molecular weight excluding hydrogens is 404 g/mol. The van der Waals surface area contributed by atoms with Crippen LogP contribution in [0.4, 0.5) is 5.69 Å². The lowest BCUT2D eigenvalue weighted by Gasteiger charge is -2.56. The molecule has 3 atom stereocenters. The highest BCUT2D eigenvalue weighted by Crippen LogP contribution is 2.46. The number of benzene rings is 2. The first kappa shape index (κ1) is 20.3. The lowest BCUT2D eigenvalue weighted by molar-refractivity contribution is -0.153. The quantitative estimate of drug-likeness (QED) is 0.739. The molecular formula is C22H22N2O5S. The summed E-state index contributed by atoms with van der Waals surface area (Å²) >= 11 is 1.40. The molecule has 2 aromatic rings. The molecule has 156 valence electrons. The van der Waals surface area contributed by atoms with E-state index in [0.29, 0.717) is 22.8 Å². The number of hydrogen-bond acceptors (Lipinski definition) is 5. The third-order valence-corrected chi connectivity index (χ3v) is 7.27. The van der Waals surface area contributed by atoms with Crippen molar-refractivity contribution >= 4 is 35.2 Å². The second-order valence-electron chi connectivity index (χ2n) is 7.45. The minimum atomic E-state index is -1.21. The number of β-lactam (4-membered cyclic amide) rings is 1. The maximum Gasteiger partial charge on any atom is 0.316 e. The summed E-state index contributed by atoms with van der Waals surface area (Å²) < 4.78 is 5.17. The summed E-state index contributed by atoms with van der Waals surface area (Å²) in [5.41, 5.74) is 0.0836. The molecule has 2 aliphatic heterocycles. The van der Waals surface area contributed by atoms with Crippen LogP contribution in [0.2, 0.25) is 0 Å². The van der Waals surface area contributed by atoms with Gasteiger partial charge in [-0.1, -0.05) is 30.3 Å². The topological polar surface area (TPSA) is 87.1 Å². The molecule has 1 N–H and O–H groups in total. The van der Waals surface area contributed by atoms with Gasteiger partial charge in [-0.15, -0.1) is 11.8 Å². The van der Waals surface area contributed by atoms with Crippen molar-refractivity contribution in [3.63, 3.8) is 0 Å². The molecule has 0 saturated carbocycles. The molecule has 0 aliphatic carbocycles. The van der Waals surface area contributed by atoms with Gasteiger partial charge in [0.05, 0.1) is 7.11 Å². The number of carbonyl (C=O) groups excluding carboxylic acids is 2. The van der Waals surface area contributed by atoms with Crippen LogP contribution >= 0.6 is 11.8 Å². The van der Waals surface area contributed by atoms with E-state index in [1.165, 1.54) is 23.6 Å². The number of rotatable bonds is 5. The summed E-state index contributed by atoms with van der Waals surface area (Å²) in [6.45, 7) is 1.51. The van der Waals surface area contributed by atoms with Crippen LogP contribution < -0.4 is 9.64 Å². The van der Waals surface area contributed by atoms with Gasteiger partial charge in [-0.05, 0) is 29.8 Å². The second-order valence-corrected chi connectivity index (χ2v) is 8.56. The number of amides is 2. The Labute approximate surface area is 178 Å². The number of anilines is 1. The summed E-state index contributed by atoms with van der Waals surface area (Å²) in [7, 11) is 1.55. The third kappa shape index (κ3) is 3.11. The molecule has 0 bridgehead atoms. The highest BCUT2D eigenvalue weighted by molar-refractivity contribution is 8.00. The van der Waals surface area contributed by atoms with E-state index in [9.17, 15) is 19.5 Å². The standard InChI is InChI=1S/C22H22N2O5S/c1-14(25)24(16-6-4-3-5-7-16)18-19(26)23-12-22(21(27)28,13-30-20(18)23)15-8-10-17(29-2)11-9-15/h3-11,18,20H,12-13H2,1-2H3,(H,27,28)/t18?,20-,22?/m1/s1. The number of aliphatic carboxylic acids is 1. The summed E-state index contributed by atoms with van der Waals surface area (Å²) in [5, 5.41) is 9.81. The Morgan fingerprint density at radius 2 is 1.83 bits per heavy atom. The van der Waals surface area contributed by atoms with Crippen LogP contribution in [-0.2, 0) is 19.8 Å². The van der Waals surface area contributed by atoms with Gasteiger partial charge in [0.1, 0.15) is 22.6 Å². The van der Waals surface area contributed by atoms with Gasteiger partial charge in [0.2, 0.25) is 11.8 Å². The summed E-state index contributed by atoms with van der Waals surface area (Å²) in [6, 6.07) is 15.4. The van der Waals surface area contributed by atoms with E-state index in [2.05, 4.69) is 0 Å². The van der Waals surface area contributed by atoms with Crippen LogP contribution in [0.1, 0.15) is 12.5 Å². The summed E-state index contributed by atoms with van der Waals surface area (Å²) in [4.78, 5) is 40.8. The number of nitrogens with zero attached hydrogens (tertiary/aromatic N) is 2. The van der Waals surface area contributed by atoms with Crippen molar-refractivity contribution in [2.24, 2.45) is 0 Å². The maximum atomic E-state index is 13.1. The second kappa shape index (κ2) is 7.68. The molecule has 2 unspecified atom stereocenters. The smallest absolute Gasteiger partial charge is 0.316 e. The minimum absolute atomic E-state index is 0.0716. The number of thioether (sulfide) groups is 1. The average molecular weight is 426 g/mol. The Morgan fingerprint density at radius 1 is 1.17 bits per heavy atom. The van der Waals surface area contributed by atoms with Gasteiger partial charge >= 0.3 is 5.97 Å². The van der Waals surface area contributed by atoms with Gasteiger partial charge in [0.15, 0.2) is 0 Å². The normalized spacial score (nSPS) is 25.1. The van der Waals surface area contributed by atoms with Crippen molar-refractivity contribution < 1.29 is 24.2 Å². The molecule has 2 fully saturated rings. The average Bonchev–Trinajstić information content (AvgIpc) is 2.77. The summed E-state index contributed by atoms with van der Waals surface area (Å²) in [6.07, 6.45) is 0. The van der Waals surface area contributed by atoms with Crippen molar-refractivity contribution in [2.75, 3.05) is 24.3 Å². The fourth-order valence-corrected chi connectivity index (χ4v) is 5.74. The number of carbonyl (C=O) groups is 3. The Bertz CT molecular complexity index is 981. The molecule has 2 amide bonds. The molecule has 4 rings (SSSR count). The Balaban J connectivity index is 1.62. The van der Waals surface area contributed by atoms with Crippen LogP contribution in [0.3, 0.4) is 0 Å². The van der Waals surface area contributed by atoms with Crippen molar-refractivity contribution in [1.29, 1.82) is 0 Å². The largest absolute Gasteiger partial charge is 0.497 e. The number of para-hydroxylation sites is 1. The lowest BCUT2D eigenvalue weighted by Crippen LogP contribution is -2.75. The van der Waals surface area contributed by atoms with Gasteiger partial charge < -0.3 is 14.7 Å². The SMILES string of the molecule is COc1ccc(C2(C(=O)O)CS[C@@H]3C(N(C(C)=O)c4ccccc4)C(=O)N3C2)cc1. The van der Waals surface area contributed by atoms with Crippen molar-refractivity contribution in [3.8, 4) is 5.75 Å². The van der Waals surface area contributed by atoms with Crippen LogP contribution in [0, 0.1) is 0 Å². The molecule has 2 saturated heterocycles. The van der Waals surface area contributed by atoms with Crippen LogP contribution in [-0.4, -0.2) is 58.6 Å². The molecule has 2 aromatic carbocycles. The van der Waals surface area contributed by atoms with Crippen LogP contribution in [0.5, 0.6) is 5.75 Å². The fraction of sp³-hybridized carbons (Fsp3) is 0.318. The molecule has 2 heterocycles. The van der Waals surface area contributed by atoms with Gasteiger partial charge in [-0.25, -0.2) is 0 Å². The van der Waals surface area contributed by atoms with E-state index >= 15 is 0 Å². The molecule has 2 aliphatic rings. The first-order chi connectivity index (χ1) is 14.4. The number of hydrogen-bond donors (Lipinski definition) is 1. The number of methoxy groups -OCH3 is 1. The van der Waals surface area contributed by atoms with E-state index in [1.807, 2.05) is 18.2 Å². The number of ether oxygens (including phenoxy) is 1. The molecule has 0 radical (unpaired) electrons. The minimum Gasteiger partial charge on any atom is -0.497 e. The van der Waals surface area contributed by atoms with Gasteiger partial charge in [0.25, 0.3) is 0 Å². The number of fused-ring (bicyclic) bond motifs is 1. The van der Waals surface area contributed by atoms with E-state index in [1.54, 1.807) is 48.4 Å². The van der Waals surface area contributed by atoms with Crippen molar-refractivity contribution in [2.45, 2.75) is 23.8 Å². The highest BCUT2D eigenvalue weighted by atomic mass is 32.2. The molecule has 0 aromatic heterocycles. The highest BCUT2D eigenvalue weighted by Gasteiger charge is 2.59. The van der Waals surface area contributed by atoms with E-state index in [0.717, 1.165) is 0 Å². The molecule has 8 heteroatoms. The fourth-order valence-electron chi connectivity index (χ4n) is 4.12. The van der Waals surface area contributed by atoms with Crippen LogP contribution in [0.25, 0.3) is 0 Å². The van der Waals surface area contributed by atoms with Gasteiger partial charge in [0, 0.05) is 24.9 Å². The zero-order chi connectivity index (χ0) is 21.5. The zero-order valence-electron chi connectivity index (χ0n) is 16.6. The van der Waals surface area contributed by atoms with Crippen molar-refractivity contribution in [1.82, 2.24) is 4.90 Å². The molecule has 0 spiro atoms. The van der Waals surface area contributed by atoms with Gasteiger partial charge in [-0.3, -0.25) is 19.3 Å². The van der Waals surface area contributed by atoms with Crippen LogP contribution in [0.15, 0.2) is 54.6 Å².